The summed E-state index contributed by atoms with van der Waals surface area (Å²) in [6.45, 7) is 2.08. The quantitative estimate of drug-likeness (QED) is 0.748. The summed E-state index contributed by atoms with van der Waals surface area (Å²) in [5, 5.41) is 8.81. The number of carbonyl (C=O) groups is 2. The van der Waals surface area contributed by atoms with Gasteiger partial charge in [0.05, 0.1) is 19.3 Å². The molecule has 1 aliphatic heterocycles. The van der Waals surface area contributed by atoms with Crippen LogP contribution in [0.4, 0.5) is 4.79 Å². The summed E-state index contributed by atoms with van der Waals surface area (Å²) in [6, 6.07) is 3.55. The van der Waals surface area contributed by atoms with E-state index in [0.717, 1.165) is 25.9 Å². The summed E-state index contributed by atoms with van der Waals surface area (Å²) >= 11 is 0. The first kappa shape index (κ1) is 15.2. The Morgan fingerprint density at radius 1 is 1.43 bits per heavy atom. The van der Waals surface area contributed by atoms with E-state index < -0.39 is 6.09 Å². The summed E-state index contributed by atoms with van der Waals surface area (Å²) < 4.78 is 4.49. The largest absolute Gasteiger partial charge is 0.453 e. The number of piperidine rings is 1. The molecule has 0 radical (unpaired) electrons. The lowest BCUT2D eigenvalue weighted by atomic mass is 10.1. The monoisotopic (exact) mass is 292 g/mol. The number of carbonyl (C=O) groups excluding carboxylic acids is 2. The van der Waals surface area contributed by atoms with E-state index in [1.165, 1.54) is 7.11 Å². The number of hydrogen-bond donors (Lipinski definition) is 3. The smallest absolute Gasteiger partial charge is 0.407 e. The molecule has 0 spiro atoms. The molecule has 2 amide bonds. The van der Waals surface area contributed by atoms with Crippen molar-refractivity contribution in [2.45, 2.75) is 25.4 Å². The number of aromatic nitrogens is 1. The lowest BCUT2D eigenvalue weighted by Crippen LogP contribution is -2.42. The fourth-order valence-electron chi connectivity index (χ4n) is 2.19. The summed E-state index contributed by atoms with van der Waals surface area (Å²) in [6.07, 6.45) is 2.91. The number of pyridine rings is 1. The molecule has 0 saturated carbocycles. The molecular formula is C14H20N4O3. The third-order valence-electron chi connectivity index (χ3n) is 3.35. The van der Waals surface area contributed by atoms with Crippen molar-refractivity contribution in [3.05, 3.63) is 29.6 Å². The highest BCUT2D eigenvalue weighted by molar-refractivity contribution is 5.94. The minimum atomic E-state index is -0.527. The lowest BCUT2D eigenvalue weighted by molar-refractivity contribution is 0.0929. The number of nitrogens with zero attached hydrogens (tertiary/aromatic N) is 1. The number of rotatable bonds is 4. The van der Waals surface area contributed by atoms with Crippen LogP contribution >= 0.6 is 0 Å². The van der Waals surface area contributed by atoms with Crippen LogP contribution in [-0.2, 0) is 11.3 Å². The van der Waals surface area contributed by atoms with Gasteiger partial charge in [0, 0.05) is 17.8 Å². The Bertz CT molecular complexity index is 501. The molecule has 21 heavy (non-hydrogen) atoms. The molecule has 114 valence electrons. The number of nitrogens with one attached hydrogen (secondary N) is 3. The van der Waals surface area contributed by atoms with Gasteiger partial charge in [-0.2, -0.15) is 0 Å². The molecule has 3 N–H and O–H groups in total. The van der Waals surface area contributed by atoms with Gasteiger partial charge in [-0.3, -0.25) is 9.78 Å². The van der Waals surface area contributed by atoms with Crippen molar-refractivity contribution in [1.29, 1.82) is 0 Å². The molecule has 0 aromatic carbocycles. The van der Waals surface area contributed by atoms with Crippen molar-refractivity contribution in [2.24, 2.45) is 0 Å². The first-order chi connectivity index (χ1) is 10.2. The molecule has 1 aromatic heterocycles. The molecule has 0 aliphatic carbocycles. The Morgan fingerprint density at radius 2 is 2.19 bits per heavy atom. The second-order valence-electron chi connectivity index (χ2n) is 4.88. The molecule has 1 aromatic rings. The van der Waals surface area contributed by atoms with Crippen molar-refractivity contribution >= 4 is 12.0 Å². The number of hydrogen-bond acceptors (Lipinski definition) is 5. The van der Waals surface area contributed by atoms with Crippen molar-refractivity contribution < 1.29 is 14.3 Å². The van der Waals surface area contributed by atoms with Gasteiger partial charge < -0.3 is 20.7 Å². The van der Waals surface area contributed by atoms with Crippen LogP contribution in [0.25, 0.3) is 0 Å². The average Bonchev–Trinajstić information content (AvgIpc) is 2.53. The van der Waals surface area contributed by atoms with Gasteiger partial charge in [0.2, 0.25) is 0 Å². The second-order valence-corrected chi connectivity index (χ2v) is 4.88. The van der Waals surface area contributed by atoms with Crippen molar-refractivity contribution in [2.75, 3.05) is 20.2 Å². The van der Waals surface area contributed by atoms with Gasteiger partial charge in [0.1, 0.15) is 0 Å². The maximum absolute atomic E-state index is 12.2. The van der Waals surface area contributed by atoms with E-state index in [-0.39, 0.29) is 18.5 Å². The van der Waals surface area contributed by atoms with Gasteiger partial charge in [-0.25, -0.2) is 4.79 Å². The van der Waals surface area contributed by atoms with Crippen molar-refractivity contribution in [1.82, 2.24) is 20.9 Å². The lowest BCUT2D eigenvalue weighted by Gasteiger charge is -2.23. The Hall–Kier alpha value is -2.15. The van der Waals surface area contributed by atoms with Gasteiger partial charge >= 0.3 is 6.09 Å². The van der Waals surface area contributed by atoms with Crippen molar-refractivity contribution in [3.8, 4) is 0 Å². The molecular weight excluding hydrogens is 272 g/mol. The van der Waals surface area contributed by atoms with Crippen LogP contribution in [0.2, 0.25) is 0 Å². The number of alkyl carbamates (subject to hydrolysis) is 1. The summed E-state index contributed by atoms with van der Waals surface area (Å²) in [7, 11) is 1.30. The second kappa shape index (κ2) is 7.58. The highest BCUT2D eigenvalue weighted by Crippen LogP contribution is 2.06. The standard InChI is InChI=1S/C14H20N4O3/c1-21-14(20)17-9-12-8-10(2-7-16-12)13(19)18-11-3-5-15-6-4-11/h2,7-8,11,15H,3-6,9H2,1H3,(H,17,20)(H,18,19). The Morgan fingerprint density at radius 3 is 2.90 bits per heavy atom. The fourth-order valence-corrected chi connectivity index (χ4v) is 2.19. The van der Waals surface area contributed by atoms with Crippen LogP contribution in [0.5, 0.6) is 0 Å². The fraction of sp³-hybridized carbons (Fsp3) is 0.500. The van der Waals surface area contributed by atoms with Gasteiger partial charge in [0.25, 0.3) is 5.91 Å². The molecule has 0 atom stereocenters. The van der Waals surface area contributed by atoms with Crippen LogP contribution in [0, 0.1) is 0 Å². The predicted octanol–water partition coefficient (Wildman–Crippen LogP) is 0.419. The minimum absolute atomic E-state index is 0.108. The minimum Gasteiger partial charge on any atom is -0.453 e. The van der Waals surface area contributed by atoms with E-state index in [0.29, 0.717) is 11.3 Å². The molecule has 2 rings (SSSR count). The summed E-state index contributed by atoms with van der Waals surface area (Å²) in [5.74, 6) is -0.108. The van der Waals surface area contributed by atoms with E-state index in [4.69, 9.17) is 0 Å². The molecule has 0 bridgehead atoms. The van der Waals surface area contributed by atoms with Crippen LogP contribution in [-0.4, -0.2) is 43.2 Å². The number of amides is 2. The van der Waals surface area contributed by atoms with E-state index in [1.54, 1.807) is 18.3 Å². The van der Waals surface area contributed by atoms with Crippen LogP contribution in [0.15, 0.2) is 18.3 Å². The maximum atomic E-state index is 12.2. The van der Waals surface area contributed by atoms with Gasteiger partial charge in [-0.15, -0.1) is 0 Å². The number of ether oxygens (including phenoxy) is 1. The molecule has 0 unspecified atom stereocenters. The summed E-state index contributed by atoms with van der Waals surface area (Å²) in [4.78, 5) is 27.3. The molecule has 7 nitrogen and oxygen atoms in total. The maximum Gasteiger partial charge on any atom is 0.407 e. The molecule has 1 saturated heterocycles. The van der Waals surface area contributed by atoms with Gasteiger partial charge in [-0.1, -0.05) is 0 Å². The van der Waals surface area contributed by atoms with Crippen LogP contribution in [0.1, 0.15) is 28.9 Å². The molecule has 2 heterocycles. The molecule has 1 fully saturated rings. The first-order valence-electron chi connectivity index (χ1n) is 6.97. The summed E-state index contributed by atoms with van der Waals surface area (Å²) in [5.41, 5.74) is 1.16. The molecule has 1 aliphatic rings. The van der Waals surface area contributed by atoms with Crippen LogP contribution < -0.4 is 16.0 Å². The van der Waals surface area contributed by atoms with E-state index >= 15 is 0 Å². The molecule has 7 heteroatoms. The van der Waals surface area contributed by atoms with E-state index in [2.05, 4.69) is 25.7 Å². The highest BCUT2D eigenvalue weighted by Gasteiger charge is 2.16. The van der Waals surface area contributed by atoms with Crippen molar-refractivity contribution in [3.63, 3.8) is 0 Å². The van der Waals surface area contributed by atoms with Gasteiger partial charge in [-0.05, 0) is 38.1 Å². The third-order valence-corrected chi connectivity index (χ3v) is 3.35. The SMILES string of the molecule is COC(=O)NCc1cc(C(=O)NC2CCNCC2)ccn1. The highest BCUT2D eigenvalue weighted by atomic mass is 16.5. The Kier molecular flexibility index (Phi) is 5.51. The van der Waals surface area contributed by atoms with Gasteiger partial charge in [0.15, 0.2) is 0 Å². The normalized spacial score (nSPS) is 15.3. The topological polar surface area (TPSA) is 92.3 Å². The number of methoxy groups -OCH3 is 1. The van der Waals surface area contributed by atoms with E-state index in [9.17, 15) is 9.59 Å². The average molecular weight is 292 g/mol. The zero-order chi connectivity index (χ0) is 15.1. The van der Waals surface area contributed by atoms with E-state index in [1.807, 2.05) is 0 Å². The third kappa shape index (κ3) is 4.71. The Balaban J connectivity index is 1.92. The predicted molar refractivity (Wildman–Crippen MR) is 76.8 cm³/mol. The zero-order valence-corrected chi connectivity index (χ0v) is 12.0. The Labute approximate surface area is 123 Å². The zero-order valence-electron chi connectivity index (χ0n) is 12.0. The van der Waals surface area contributed by atoms with Crippen LogP contribution in [0.3, 0.4) is 0 Å². The first-order valence-corrected chi connectivity index (χ1v) is 6.97.